The molecule has 0 atom stereocenters. The summed E-state index contributed by atoms with van der Waals surface area (Å²) in [4.78, 5) is 11.9. The summed E-state index contributed by atoms with van der Waals surface area (Å²) in [5.74, 6) is -0.187. The minimum Gasteiger partial charge on any atom is -0.388 e. The molecule has 0 unspecified atom stereocenters. The van der Waals surface area contributed by atoms with E-state index in [1.54, 1.807) is 18.2 Å². The third kappa shape index (κ3) is 3.25. The Bertz CT molecular complexity index is 458. The number of rotatable bonds is 3. The lowest BCUT2D eigenvalue weighted by atomic mass is 10.0. The fourth-order valence-corrected chi connectivity index (χ4v) is 2.69. The van der Waals surface area contributed by atoms with E-state index >= 15 is 0 Å². The summed E-state index contributed by atoms with van der Waals surface area (Å²) in [7, 11) is 0. The zero-order valence-electron chi connectivity index (χ0n) is 9.88. The average Bonchev–Trinajstić information content (AvgIpc) is 2.77. The summed E-state index contributed by atoms with van der Waals surface area (Å²) in [6.45, 7) is 0.312. The monoisotopic (exact) mass is 331 g/mol. The number of hydrogen-bond acceptors (Lipinski definition) is 2. The van der Waals surface area contributed by atoms with Crippen molar-refractivity contribution in [1.29, 1.82) is 0 Å². The van der Waals surface area contributed by atoms with Crippen molar-refractivity contribution in [2.24, 2.45) is 0 Å². The van der Waals surface area contributed by atoms with E-state index in [0.29, 0.717) is 21.6 Å². The molecule has 2 rings (SSSR count). The Hall–Kier alpha value is -0.580. The van der Waals surface area contributed by atoms with Gasteiger partial charge in [0.15, 0.2) is 0 Å². The van der Waals surface area contributed by atoms with Gasteiger partial charge in [0.1, 0.15) is 0 Å². The Kier molecular flexibility index (Phi) is 4.30. The van der Waals surface area contributed by atoms with Crippen molar-refractivity contribution in [3.05, 3.63) is 33.3 Å². The van der Waals surface area contributed by atoms with Crippen molar-refractivity contribution in [2.45, 2.75) is 31.3 Å². The number of hydrogen-bond donors (Lipinski definition) is 2. The van der Waals surface area contributed by atoms with Crippen LogP contribution in [0, 0.1) is 0 Å². The Balaban J connectivity index is 1.97. The molecule has 2 N–H and O–H groups in total. The SMILES string of the molecule is O=C(NCC1(O)CCCC1)c1ccc(Cl)c(Br)c1. The van der Waals surface area contributed by atoms with Gasteiger partial charge in [0.2, 0.25) is 0 Å². The van der Waals surface area contributed by atoms with Crippen LogP contribution < -0.4 is 5.32 Å². The molecular formula is C13H15BrClNO2. The minimum atomic E-state index is -0.723. The molecule has 0 radical (unpaired) electrons. The lowest BCUT2D eigenvalue weighted by Gasteiger charge is -2.22. The molecule has 0 saturated heterocycles. The maximum Gasteiger partial charge on any atom is 0.251 e. The fourth-order valence-electron chi connectivity index (χ4n) is 2.19. The predicted octanol–water partition coefficient (Wildman–Crippen LogP) is 3.14. The first-order valence-corrected chi connectivity index (χ1v) is 7.13. The van der Waals surface area contributed by atoms with Crippen LogP contribution in [0.1, 0.15) is 36.0 Å². The van der Waals surface area contributed by atoms with Crippen LogP contribution in [0.2, 0.25) is 5.02 Å². The molecule has 0 spiro atoms. The van der Waals surface area contributed by atoms with Crippen LogP contribution in [-0.4, -0.2) is 23.2 Å². The lowest BCUT2D eigenvalue weighted by Crippen LogP contribution is -2.40. The van der Waals surface area contributed by atoms with Crippen LogP contribution in [0.25, 0.3) is 0 Å². The van der Waals surface area contributed by atoms with Crippen LogP contribution in [0.3, 0.4) is 0 Å². The first-order chi connectivity index (χ1) is 8.50. The summed E-state index contributed by atoms with van der Waals surface area (Å²) in [6, 6.07) is 5.02. The van der Waals surface area contributed by atoms with Crippen LogP contribution >= 0.6 is 27.5 Å². The third-order valence-corrected chi connectivity index (χ3v) is 4.51. The van der Waals surface area contributed by atoms with Crippen molar-refractivity contribution in [3.8, 4) is 0 Å². The lowest BCUT2D eigenvalue weighted by molar-refractivity contribution is 0.0449. The topological polar surface area (TPSA) is 49.3 Å². The van der Waals surface area contributed by atoms with E-state index in [9.17, 15) is 9.90 Å². The largest absolute Gasteiger partial charge is 0.388 e. The molecule has 0 heterocycles. The molecule has 0 bridgehead atoms. The fraction of sp³-hybridized carbons (Fsp3) is 0.462. The van der Waals surface area contributed by atoms with Gasteiger partial charge in [-0.25, -0.2) is 0 Å². The molecule has 0 aliphatic heterocycles. The normalized spacial score (nSPS) is 17.7. The van der Waals surface area contributed by atoms with E-state index in [2.05, 4.69) is 21.2 Å². The van der Waals surface area contributed by atoms with Crippen molar-refractivity contribution < 1.29 is 9.90 Å². The number of carbonyl (C=O) groups is 1. The number of benzene rings is 1. The van der Waals surface area contributed by atoms with E-state index in [4.69, 9.17) is 11.6 Å². The molecule has 3 nitrogen and oxygen atoms in total. The van der Waals surface area contributed by atoms with Crippen LogP contribution in [-0.2, 0) is 0 Å². The maximum atomic E-state index is 11.9. The van der Waals surface area contributed by atoms with Gasteiger partial charge in [-0.15, -0.1) is 0 Å². The number of amides is 1. The maximum absolute atomic E-state index is 11.9. The highest BCUT2D eigenvalue weighted by molar-refractivity contribution is 9.10. The highest BCUT2D eigenvalue weighted by Crippen LogP contribution is 2.28. The molecule has 98 valence electrons. The summed E-state index contributed by atoms with van der Waals surface area (Å²) >= 11 is 9.15. The number of aliphatic hydroxyl groups is 1. The smallest absolute Gasteiger partial charge is 0.251 e. The third-order valence-electron chi connectivity index (χ3n) is 3.29. The first kappa shape index (κ1) is 13.8. The van der Waals surface area contributed by atoms with E-state index in [0.717, 1.165) is 25.7 Å². The molecule has 1 aliphatic carbocycles. The van der Waals surface area contributed by atoms with Gasteiger partial charge in [-0.2, -0.15) is 0 Å². The number of halogens is 2. The molecule has 1 aromatic rings. The first-order valence-electron chi connectivity index (χ1n) is 5.96. The van der Waals surface area contributed by atoms with Gasteiger partial charge in [0.25, 0.3) is 5.91 Å². The molecule has 18 heavy (non-hydrogen) atoms. The van der Waals surface area contributed by atoms with Gasteiger partial charge in [0, 0.05) is 16.6 Å². The molecule has 1 fully saturated rings. The Morgan fingerprint density at radius 1 is 1.44 bits per heavy atom. The molecule has 1 aromatic carbocycles. The van der Waals surface area contributed by atoms with Crippen LogP contribution in [0.15, 0.2) is 22.7 Å². The highest BCUT2D eigenvalue weighted by Gasteiger charge is 2.31. The van der Waals surface area contributed by atoms with Gasteiger partial charge in [-0.3, -0.25) is 4.79 Å². The Morgan fingerprint density at radius 2 is 2.11 bits per heavy atom. The van der Waals surface area contributed by atoms with Crippen molar-refractivity contribution in [1.82, 2.24) is 5.32 Å². The molecule has 1 aliphatic rings. The average molecular weight is 333 g/mol. The molecular weight excluding hydrogens is 318 g/mol. The predicted molar refractivity (Wildman–Crippen MR) is 74.9 cm³/mol. The van der Waals surface area contributed by atoms with Crippen LogP contribution in [0.5, 0.6) is 0 Å². The second-order valence-corrected chi connectivity index (χ2v) is 6.00. The van der Waals surface area contributed by atoms with E-state index in [-0.39, 0.29) is 5.91 Å². The van der Waals surface area contributed by atoms with Gasteiger partial charge in [-0.1, -0.05) is 24.4 Å². The van der Waals surface area contributed by atoms with E-state index < -0.39 is 5.60 Å². The van der Waals surface area contributed by atoms with Gasteiger partial charge in [0.05, 0.1) is 10.6 Å². The zero-order valence-corrected chi connectivity index (χ0v) is 12.2. The number of nitrogens with one attached hydrogen (secondary N) is 1. The van der Waals surface area contributed by atoms with E-state index in [1.165, 1.54) is 0 Å². The second-order valence-electron chi connectivity index (χ2n) is 4.74. The molecule has 1 amide bonds. The summed E-state index contributed by atoms with van der Waals surface area (Å²) in [5, 5.41) is 13.5. The van der Waals surface area contributed by atoms with Gasteiger partial charge >= 0.3 is 0 Å². The summed E-state index contributed by atoms with van der Waals surface area (Å²) < 4.78 is 0.691. The van der Waals surface area contributed by atoms with Crippen molar-refractivity contribution in [3.63, 3.8) is 0 Å². The minimum absolute atomic E-state index is 0.187. The number of carbonyl (C=O) groups excluding carboxylic acids is 1. The molecule has 0 aromatic heterocycles. The summed E-state index contributed by atoms with van der Waals surface area (Å²) in [6.07, 6.45) is 3.58. The highest BCUT2D eigenvalue weighted by atomic mass is 79.9. The summed E-state index contributed by atoms with van der Waals surface area (Å²) in [5.41, 5.74) is -0.188. The van der Waals surface area contributed by atoms with Crippen molar-refractivity contribution >= 4 is 33.4 Å². The quantitative estimate of drug-likeness (QED) is 0.893. The Labute approximate surface area is 120 Å². The van der Waals surface area contributed by atoms with Gasteiger partial charge in [-0.05, 0) is 47.0 Å². The van der Waals surface area contributed by atoms with Crippen LogP contribution in [0.4, 0.5) is 0 Å². The standard InChI is InChI=1S/C13H15BrClNO2/c14-10-7-9(3-4-11(10)15)12(17)16-8-13(18)5-1-2-6-13/h3-4,7,18H,1-2,5-6,8H2,(H,16,17). The van der Waals surface area contributed by atoms with Crippen molar-refractivity contribution in [2.75, 3.05) is 6.54 Å². The van der Waals surface area contributed by atoms with E-state index in [1.807, 2.05) is 0 Å². The molecule has 5 heteroatoms. The zero-order chi connectivity index (χ0) is 13.2. The Morgan fingerprint density at radius 3 is 2.72 bits per heavy atom. The molecule has 1 saturated carbocycles. The second kappa shape index (κ2) is 5.59. The van der Waals surface area contributed by atoms with Gasteiger partial charge < -0.3 is 10.4 Å².